The summed E-state index contributed by atoms with van der Waals surface area (Å²) in [6, 6.07) is 8.70. The van der Waals surface area contributed by atoms with Gasteiger partial charge in [0.2, 0.25) is 0 Å². The molecule has 0 unspecified atom stereocenters. The SMILES string of the molecule is Cc1ccc(SCCN2CC(CO)C2)cc1. The van der Waals surface area contributed by atoms with Gasteiger partial charge < -0.3 is 10.0 Å². The van der Waals surface area contributed by atoms with Crippen molar-refractivity contribution in [3.63, 3.8) is 0 Å². The Balaban J connectivity index is 1.63. The Hall–Kier alpha value is -0.510. The van der Waals surface area contributed by atoms with Crippen molar-refractivity contribution >= 4 is 11.8 Å². The van der Waals surface area contributed by atoms with Crippen molar-refractivity contribution in [3.8, 4) is 0 Å². The predicted molar refractivity (Wildman–Crippen MR) is 68.9 cm³/mol. The van der Waals surface area contributed by atoms with Crippen LogP contribution in [0.5, 0.6) is 0 Å². The number of likely N-dealkylation sites (tertiary alicyclic amines) is 1. The monoisotopic (exact) mass is 237 g/mol. The van der Waals surface area contributed by atoms with Crippen LogP contribution in [-0.4, -0.2) is 42.0 Å². The van der Waals surface area contributed by atoms with Crippen LogP contribution >= 0.6 is 11.8 Å². The summed E-state index contributed by atoms with van der Waals surface area (Å²) >= 11 is 1.91. The third-order valence-corrected chi connectivity index (χ3v) is 3.98. The summed E-state index contributed by atoms with van der Waals surface area (Å²) in [5.74, 6) is 1.67. The van der Waals surface area contributed by atoms with Crippen LogP contribution in [-0.2, 0) is 0 Å². The summed E-state index contributed by atoms with van der Waals surface area (Å²) in [5.41, 5.74) is 1.32. The van der Waals surface area contributed by atoms with E-state index < -0.39 is 0 Å². The predicted octanol–water partition coefficient (Wildman–Crippen LogP) is 2.01. The van der Waals surface area contributed by atoms with E-state index in [0.29, 0.717) is 12.5 Å². The molecular weight excluding hydrogens is 218 g/mol. The molecule has 3 heteroatoms. The van der Waals surface area contributed by atoms with Crippen LogP contribution in [0, 0.1) is 12.8 Å². The van der Waals surface area contributed by atoms with Gasteiger partial charge in [0.15, 0.2) is 0 Å². The second kappa shape index (κ2) is 5.71. The average molecular weight is 237 g/mol. The lowest BCUT2D eigenvalue weighted by Crippen LogP contribution is -2.48. The summed E-state index contributed by atoms with van der Waals surface area (Å²) in [6.07, 6.45) is 0. The van der Waals surface area contributed by atoms with E-state index in [4.69, 9.17) is 5.11 Å². The molecule has 1 aromatic carbocycles. The maximum Gasteiger partial charge on any atom is 0.0483 e. The Morgan fingerprint density at radius 1 is 1.31 bits per heavy atom. The Morgan fingerprint density at radius 3 is 2.62 bits per heavy atom. The summed E-state index contributed by atoms with van der Waals surface area (Å²) in [4.78, 5) is 3.76. The summed E-state index contributed by atoms with van der Waals surface area (Å²) in [7, 11) is 0. The summed E-state index contributed by atoms with van der Waals surface area (Å²) in [5, 5.41) is 8.90. The van der Waals surface area contributed by atoms with Gasteiger partial charge in [0.1, 0.15) is 0 Å². The number of hydrogen-bond acceptors (Lipinski definition) is 3. The van der Waals surface area contributed by atoms with Crippen LogP contribution in [0.3, 0.4) is 0 Å². The lowest BCUT2D eigenvalue weighted by Gasteiger charge is -2.38. The fraction of sp³-hybridized carbons (Fsp3) is 0.538. The van der Waals surface area contributed by atoms with Gasteiger partial charge in [-0.2, -0.15) is 0 Å². The highest BCUT2D eigenvalue weighted by atomic mass is 32.2. The van der Waals surface area contributed by atoms with Gasteiger partial charge in [0, 0.05) is 42.8 Å². The molecule has 0 saturated carbocycles. The van der Waals surface area contributed by atoms with Crippen molar-refractivity contribution in [2.45, 2.75) is 11.8 Å². The molecule has 1 heterocycles. The number of aliphatic hydroxyl groups is 1. The standard InChI is InChI=1S/C13H19NOS/c1-11-2-4-13(5-3-11)16-7-6-14-8-12(9-14)10-15/h2-5,12,15H,6-10H2,1H3. The number of thioether (sulfide) groups is 1. The molecule has 1 aliphatic rings. The van der Waals surface area contributed by atoms with Crippen molar-refractivity contribution in [2.24, 2.45) is 5.92 Å². The van der Waals surface area contributed by atoms with E-state index in [-0.39, 0.29) is 0 Å². The summed E-state index contributed by atoms with van der Waals surface area (Å²) < 4.78 is 0. The lowest BCUT2D eigenvalue weighted by molar-refractivity contribution is 0.0595. The number of hydrogen-bond donors (Lipinski definition) is 1. The highest BCUT2D eigenvalue weighted by Crippen LogP contribution is 2.20. The molecule has 0 aromatic heterocycles. The van der Waals surface area contributed by atoms with Gasteiger partial charge in [-0.1, -0.05) is 17.7 Å². The molecule has 16 heavy (non-hydrogen) atoms. The van der Waals surface area contributed by atoms with Crippen LogP contribution in [0.4, 0.5) is 0 Å². The number of aliphatic hydroxyl groups excluding tert-OH is 1. The number of aryl methyl sites for hydroxylation is 1. The largest absolute Gasteiger partial charge is 0.396 e. The minimum atomic E-state index is 0.349. The van der Waals surface area contributed by atoms with Crippen LogP contribution in [0.15, 0.2) is 29.2 Å². The number of rotatable bonds is 5. The highest BCUT2D eigenvalue weighted by Gasteiger charge is 2.24. The van der Waals surface area contributed by atoms with Crippen molar-refractivity contribution in [3.05, 3.63) is 29.8 Å². The molecule has 0 radical (unpaired) electrons. The number of nitrogens with zero attached hydrogens (tertiary/aromatic N) is 1. The van der Waals surface area contributed by atoms with Gasteiger partial charge >= 0.3 is 0 Å². The van der Waals surface area contributed by atoms with Crippen LogP contribution in [0.1, 0.15) is 5.56 Å². The van der Waals surface area contributed by atoms with Gasteiger partial charge in [-0.3, -0.25) is 0 Å². The molecule has 0 bridgehead atoms. The van der Waals surface area contributed by atoms with Gasteiger partial charge in [0.05, 0.1) is 0 Å². The molecule has 0 amide bonds. The molecule has 1 N–H and O–H groups in total. The highest BCUT2D eigenvalue weighted by molar-refractivity contribution is 7.99. The fourth-order valence-corrected chi connectivity index (χ4v) is 2.82. The molecule has 88 valence electrons. The molecule has 1 aromatic rings. The third-order valence-electron chi connectivity index (χ3n) is 2.99. The normalized spacial score (nSPS) is 17.4. The van der Waals surface area contributed by atoms with E-state index in [0.717, 1.165) is 25.4 Å². The fourth-order valence-electron chi connectivity index (χ4n) is 1.90. The average Bonchev–Trinajstić information content (AvgIpc) is 2.24. The topological polar surface area (TPSA) is 23.5 Å². The van der Waals surface area contributed by atoms with Gasteiger partial charge in [-0.25, -0.2) is 0 Å². The molecule has 2 nitrogen and oxygen atoms in total. The lowest BCUT2D eigenvalue weighted by atomic mass is 10.0. The molecule has 1 fully saturated rings. The smallest absolute Gasteiger partial charge is 0.0483 e. The van der Waals surface area contributed by atoms with E-state index in [9.17, 15) is 0 Å². The Labute approximate surface area is 102 Å². The van der Waals surface area contributed by atoms with E-state index in [1.807, 2.05) is 11.8 Å². The van der Waals surface area contributed by atoms with Gasteiger partial charge in [-0.05, 0) is 19.1 Å². The maximum atomic E-state index is 8.90. The number of benzene rings is 1. The molecule has 0 aliphatic carbocycles. The zero-order valence-electron chi connectivity index (χ0n) is 9.72. The molecule has 0 spiro atoms. The second-order valence-corrected chi connectivity index (χ2v) is 5.64. The first-order valence-electron chi connectivity index (χ1n) is 5.80. The van der Waals surface area contributed by atoms with Crippen LogP contribution in [0.25, 0.3) is 0 Å². The van der Waals surface area contributed by atoms with Crippen molar-refractivity contribution in [1.82, 2.24) is 4.90 Å². The van der Waals surface area contributed by atoms with Crippen LogP contribution < -0.4 is 0 Å². The molecule has 1 aliphatic heterocycles. The van der Waals surface area contributed by atoms with Crippen molar-refractivity contribution < 1.29 is 5.11 Å². The quantitative estimate of drug-likeness (QED) is 0.793. The zero-order chi connectivity index (χ0) is 11.4. The zero-order valence-corrected chi connectivity index (χ0v) is 10.5. The molecular formula is C13H19NOS. The first-order valence-corrected chi connectivity index (χ1v) is 6.79. The van der Waals surface area contributed by atoms with Gasteiger partial charge in [0.25, 0.3) is 0 Å². The van der Waals surface area contributed by atoms with Gasteiger partial charge in [-0.15, -0.1) is 11.8 Å². The maximum absolute atomic E-state index is 8.90. The van der Waals surface area contributed by atoms with E-state index in [2.05, 4.69) is 36.1 Å². The van der Waals surface area contributed by atoms with E-state index in [1.54, 1.807) is 0 Å². The Morgan fingerprint density at radius 2 is 2.00 bits per heavy atom. The van der Waals surface area contributed by atoms with E-state index >= 15 is 0 Å². The Kier molecular flexibility index (Phi) is 4.27. The third kappa shape index (κ3) is 3.24. The second-order valence-electron chi connectivity index (χ2n) is 4.47. The van der Waals surface area contributed by atoms with Crippen molar-refractivity contribution in [2.75, 3.05) is 32.0 Å². The summed E-state index contributed by atoms with van der Waals surface area (Å²) in [6.45, 7) is 5.75. The molecule has 1 saturated heterocycles. The molecule has 0 atom stereocenters. The minimum absolute atomic E-state index is 0.349. The van der Waals surface area contributed by atoms with Crippen molar-refractivity contribution in [1.29, 1.82) is 0 Å². The van der Waals surface area contributed by atoms with Crippen LogP contribution in [0.2, 0.25) is 0 Å². The van der Waals surface area contributed by atoms with E-state index in [1.165, 1.54) is 10.5 Å². The minimum Gasteiger partial charge on any atom is -0.396 e. The molecule has 2 rings (SSSR count). The Bertz CT molecular complexity index is 319. The first-order chi connectivity index (χ1) is 7.78. The first kappa shape index (κ1) is 12.0.